The lowest BCUT2D eigenvalue weighted by Crippen LogP contribution is -2.17. The highest BCUT2D eigenvalue weighted by Gasteiger charge is 2.32. The number of thiophene rings is 2. The molecule has 0 spiro atoms. The van der Waals surface area contributed by atoms with E-state index in [9.17, 15) is 42.6 Å². The molecule has 6 rings (SSSR count). The summed E-state index contributed by atoms with van der Waals surface area (Å²) in [6.45, 7) is 1.76. The number of aromatic carboxylic acids is 2. The molecule has 0 fully saturated rings. The number of nitrogens with zero attached hydrogens (tertiary/aromatic N) is 4. The number of hydrogen-bond donors (Lipinski definition) is 4. The largest absolute Gasteiger partial charge is 0.478 e. The van der Waals surface area contributed by atoms with Crippen molar-refractivity contribution in [1.29, 1.82) is 0 Å². The van der Waals surface area contributed by atoms with Crippen LogP contribution in [0.25, 0.3) is 22.3 Å². The van der Waals surface area contributed by atoms with Gasteiger partial charge >= 0.3 is 18.1 Å². The van der Waals surface area contributed by atoms with Gasteiger partial charge in [0.2, 0.25) is 5.82 Å². The second kappa shape index (κ2) is 16.3. The molecule has 19 heteroatoms. The van der Waals surface area contributed by atoms with Crippen molar-refractivity contribution in [2.75, 3.05) is 10.6 Å². The Kier molecular flexibility index (Phi) is 11.8. The van der Waals surface area contributed by atoms with Crippen LogP contribution in [0.4, 0.5) is 23.2 Å². The number of hydrogen-bond acceptors (Lipinski definition) is 10. The normalized spacial score (nSPS) is 10.9. The van der Waals surface area contributed by atoms with Gasteiger partial charge in [-0.2, -0.15) is 13.2 Å². The van der Waals surface area contributed by atoms with E-state index >= 15 is 0 Å². The summed E-state index contributed by atoms with van der Waals surface area (Å²) >= 11 is 13.8. The summed E-state index contributed by atoms with van der Waals surface area (Å²) in [5, 5.41) is 28.5. The number of rotatable bonds is 8. The number of alkyl halides is 3. The van der Waals surface area contributed by atoms with Gasteiger partial charge in [0.25, 0.3) is 11.8 Å². The molecule has 0 aliphatic rings. The van der Waals surface area contributed by atoms with Gasteiger partial charge in [0.05, 0.1) is 17.5 Å². The molecule has 0 saturated heterocycles. The van der Waals surface area contributed by atoms with Crippen molar-refractivity contribution in [2.24, 2.45) is 0 Å². The maximum Gasteiger partial charge on any atom is 0.419 e. The third kappa shape index (κ3) is 9.38. The minimum Gasteiger partial charge on any atom is -0.478 e. The highest BCUT2D eigenvalue weighted by Crippen LogP contribution is 2.37. The van der Waals surface area contributed by atoms with Crippen molar-refractivity contribution in [3.63, 3.8) is 0 Å². The van der Waals surface area contributed by atoms with Crippen LogP contribution in [0.5, 0.6) is 0 Å². The fourth-order valence-electron chi connectivity index (χ4n) is 4.44. The Balaban J connectivity index is 0.000000206. The molecular formula is C34H21Cl2F3N6O6S2. The van der Waals surface area contributed by atoms with Crippen LogP contribution in [0.15, 0.2) is 84.1 Å². The highest BCUT2D eigenvalue weighted by molar-refractivity contribution is 7.15. The lowest BCUT2D eigenvalue weighted by atomic mass is 10.0. The number of carbonyl (C=O) groups excluding carboxylic acids is 2. The first-order valence-corrected chi connectivity index (χ1v) is 17.2. The summed E-state index contributed by atoms with van der Waals surface area (Å²) < 4.78 is 37.6. The first kappa shape index (κ1) is 38.5. The molecule has 2 amide bonds. The van der Waals surface area contributed by atoms with Crippen molar-refractivity contribution in [3.8, 4) is 22.3 Å². The van der Waals surface area contributed by atoms with Crippen molar-refractivity contribution < 1.29 is 42.6 Å². The number of nitrogens with one attached hydrogen (secondary N) is 2. The summed E-state index contributed by atoms with van der Waals surface area (Å²) in [5.74, 6) is -4.38. The second-order valence-corrected chi connectivity index (χ2v) is 13.2. The van der Waals surface area contributed by atoms with E-state index in [1.165, 1.54) is 17.8 Å². The number of carboxylic acid groups (broad SMARTS) is 2. The topological polar surface area (TPSA) is 184 Å². The smallest absolute Gasteiger partial charge is 0.419 e. The third-order valence-electron chi connectivity index (χ3n) is 6.97. The molecule has 4 N–H and O–H groups in total. The number of carboxylic acids is 2. The number of carbonyl (C=O) groups is 4. The molecule has 0 radical (unpaired) electrons. The molecule has 0 bridgehead atoms. The van der Waals surface area contributed by atoms with Crippen molar-refractivity contribution in [2.45, 2.75) is 13.1 Å². The molecule has 2 aromatic carbocycles. The number of aryl methyl sites for hydroxylation is 1. The lowest BCUT2D eigenvalue weighted by Gasteiger charge is -2.07. The maximum absolute atomic E-state index is 12.5. The fraction of sp³-hybridized carbons (Fsp3) is 0.0588. The standard InChI is InChI=1S/C17H9ClF3N3O3S.C17H12ClN3O3S/c18-10-3-1-8(2-4-10)11-7-28-15(12(11)16(26)27)24-14(25)13-22-5-9(6-23-13)17(19,20)21;1-9-6-20-13(7-19-9)15(22)21-16-14(17(23)24)12(8-25-16)10-2-4-11(18)5-3-10/h1-7H,(H,24,25)(H,26,27);2-8H,1H3,(H,21,22)(H,23,24). The van der Waals surface area contributed by atoms with Crippen molar-refractivity contribution in [3.05, 3.63) is 128 Å². The van der Waals surface area contributed by atoms with Crippen LogP contribution in [0.1, 0.15) is 53.1 Å². The Bertz CT molecular complexity index is 2300. The maximum atomic E-state index is 12.5. The summed E-state index contributed by atoms with van der Waals surface area (Å²) in [5.41, 5.74) is 1.72. The molecule has 0 unspecified atom stereocenters. The zero-order valence-corrected chi connectivity index (χ0v) is 29.8. The van der Waals surface area contributed by atoms with Gasteiger partial charge in [-0.15, -0.1) is 22.7 Å². The summed E-state index contributed by atoms with van der Waals surface area (Å²) in [7, 11) is 0. The fourth-order valence-corrected chi connectivity index (χ4v) is 6.60. The average Bonchev–Trinajstić information content (AvgIpc) is 3.74. The number of amides is 2. The monoisotopic (exact) mass is 800 g/mol. The molecule has 4 heterocycles. The van der Waals surface area contributed by atoms with Crippen molar-refractivity contribution >= 4 is 79.6 Å². The van der Waals surface area contributed by atoms with Gasteiger partial charge in [-0.3, -0.25) is 14.6 Å². The van der Waals surface area contributed by atoms with E-state index in [2.05, 4.69) is 30.6 Å². The summed E-state index contributed by atoms with van der Waals surface area (Å²) in [6, 6.07) is 13.3. The first-order chi connectivity index (χ1) is 25.1. The quantitative estimate of drug-likeness (QED) is 0.116. The number of anilines is 2. The molecule has 270 valence electrons. The minimum absolute atomic E-state index is 0.00551. The summed E-state index contributed by atoms with van der Waals surface area (Å²) in [6.07, 6.45) is -0.854. The van der Waals surface area contributed by atoms with Crippen LogP contribution in [0, 0.1) is 6.92 Å². The van der Waals surface area contributed by atoms with Crippen LogP contribution in [0.3, 0.4) is 0 Å². The van der Waals surface area contributed by atoms with Gasteiger partial charge in [0.15, 0.2) is 0 Å². The van der Waals surface area contributed by atoms with E-state index in [0.717, 1.165) is 22.7 Å². The van der Waals surface area contributed by atoms with E-state index in [0.29, 0.717) is 50.4 Å². The van der Waals surface area contributed by atoms with Gasteiger partial charge in [-0.25, -0.2) is 24.5 Å². The van der Waals surface area contributed by atoms with Gasteiger partial charge in [-0.1, -0.05) is 47.5 Å². The van der Waals surface area contributed by atoms with E-state index in [1.807, 2.05) is 0 Å². The number of benzene rings is 2. The molecule has 0 aliphatic carbocycles. The van der Waals surface area contributed by atoms with Crippen LogP contribution >= 0.6 is 45.9 Å². The Morgan fingerprint density at radius 2 is 1.11 bits per heavy atom. The lowest BCUT2D eigenvalue weighted by molar-refractivity contribution is -0.138. The SMILES string of the molecule is Cc1cnc(C(=O)Nc2scc(-c3ccc(Cl)cc3)c2C(=O)O)cn1.O=C(Nc1scc(-c2ccc(Cl)cc2)c1C(=O)O)c1ncc(C(F)(F)F)cn1. The van der Waals surface area contributed by atoms with Gasteiger partial charge in [-0.05, 0) is 42.3 Å². The molecule has 0 aliphatic heterocycles. The Labute approximate surface area is 315 Å². The molecular weight excluding hydrogens is 780 g/mol. The van der Waals surface area contributed by atoms with Gasteiger partial charge < -0.3 is 20.8 Å². The Morgan fingerprint density at radius 1 is 0.660 bits per heavy atom. The zero-order chi connectivity index (χ0) is 38.4. The van der Waals surface area contributed by atoms with Crippen LogP contribution in [-0.4, -0.2) is 53.9 Å². The van der Waals surface area contributed by atoms with Crippen LogP contribution in [0.2, 0.25) is 10.0 Å². The predicted molar refractivity (Wildman–Crippen MR) is 193 cm³/mol. The van der Waals surface area contributed by atoms with E-state index in [1.54, 1.807) is 60.8 Å². The summed E-state index contributed by atoms with van der Waals surface area (Å²) in [4.78, 5) is 62.7. The molecule has 12 nitrogen and oxygen atoms in total. The third-order valence-corrected chi connectivity index (χ3v) is 9.27. The number of halogens is 5. The van der Waals surface area contributed by atoms with Crippen LogP contribution in [-0.2, 0) is 6.18 Å². The Hall–Kier alpha value is -5.75. The molecule has 0 saturated carbocycles. The first-order valence-electron chi connectivity index (χ1n) is 14.6. The second-order valence-electron chi connectivity index (χ2n) is 10.6. The molecule has 0 atom stereocenters. The minimum atomic E-state index is -4.63. The van der Waals surface area contributed by atoms with E-state index in [4.69, 9.17) is 23.2 Å². The highest BCUT2D eigenvalue weighted by atomic mass is 35.5. The Morgan fingerprint density at radius 3 is 1.51 bits per heavy atom. The van der Waals surface area contributed by atoms with E-state index < -0.39 is 41.3 Å². The molecule has 4 aromatic heterocycles. The van der Waals surface area contributed by atoms with Gasteiger partial charge in [0.1, 0.15) is 26.8 Å². The zero-order valence-electron chi connectivity index (χ0n) is 26.6. The predicted octanol–water partition coefficient (Wildman–Crippen LogP) is 8.95. The van der Waals surface area contributed by atoms with Gasteiger partial charge in [0, 0.05) is 50.5 Å². The number of aromatic nitrogens is 4. The van der Waals surface area contributed by atoms with E-state index in [-0.39, 0.29) is 26.8 Å². The molecule has 53 heavy (non-hydrogen) atoms. The average molecular weight is 802 g/mol. The van der Waals surface area contributed by atoms with Crippen LogP contribution < -0.4 is 10.6 Å². The van der Waals surface area contributed by atoms with Crippen molar-refractivity contribution in [1.82, 2.24) is 19.9 Å². The molecule has 6 aromatic rings.